The van der Waals surface area contributed by atoms with E-state index in [0.29, 0.717) is 6.61 Å². The summed E-state index contributed by atoms with van der Waals surface area (Å²) in [5, 5.41) is 6.40. The third-order valence-electron chi connectivity index (χ3n) is 2.90. The first kappa shape index (κ1) is 13.9. The van der Waals surface area contributed by atoms with E-state index in [4.69, 9.17) is 10.5 Å². The van der Waals surface area contributed by atoms with Crippen molar-refractivity contribution < 1.29 is 4.74 Å². The SMILES string of the molecule is CCCNc1cc(NCCOCC2CC2)nc(N)n1. The molecule has 0 aromatic carbocycles. The van der Waals surface area contributed by atoms with E-state index in [1.807, 2.05) is 6.07 Å². The van der Waals surface area contributed by atoms with Crippen molar-refractivity contribution in [3.8, 4) is 0 Å². The van der Waals surface area contributed by atoms with Crippen LogP contribution in [0.1, 0.15) is 26.2 Å². The summed E-state index contributed by atoms with van der Waals surface area (Å²) < 4.78 is 5.55. The highest BCUT2D eigenvalue weighted by Gasteiger charge is 2.20. The molecule has 1 aromatic rings. The fourth-order valence-electron chi connectivity index (χ4n) is 1.69. The maximum Gasteiger partial charge on any atom is 0.223 e. The molecule has 1 fully saturated rings. The number of nitrogens with one attached hydrogen (secondary N) is 2. The van der Waals surface area contributed by atoms with Crippen LogP contribution in [0, 0.1) is 5.92 Å². The van der Waals surface area contributed by atoms with Gasteiger partial charge >= 0.3 is 0 Å². The van der Waals surface area contributed by atoms with Crippen LogP contribution in [0.25, 0.3) is 0 Å². The van der Waals surface area contributed by atoms with Crippen LogP contribution in [-0.4, -0.2) is 36.3 Å². The average molecular weight is 265 g/mol. The molecule has 0 bridgehead atoms. The minimum absolute atomic E-state index is 0.280. The monoisotopic (exact) mass is 265 g/mol. The molecule has 1 heterocycles. The molecule has 19 heavy (non-hydrogen) atoms. The molecule has 0 aliphatic heterocycles. The molecule has 106 valence electrons. The number of ether oxygens (including phenoxy) is 1. The minimum atomic E-state index is 0.280. The molecule has 0 amide bonds. The third kappa shape index (κ3) is 5.30. The zero-order valence-corrected chi connectivity index (χ0v) is 11.5. The summed E-state index contributed by atoms with van der Waals surface area (Å²) in [6.45, 7) is 5.29. The second-order valence-corrected chi connectivity index (χ2v) is 4.87. The molecule has 0 unspecified atom stereocenters. The van der Waals surface area contributed by atoms with Gasteiger partial charge in [0.15, 0.2) is 0 Å². The standard InChI is InChI=1S/C13H23N5O/c1-2-5-15-11-8-12(18-13(14)17-11)16-6-7-19-9-10-3-4-10/h8,10H,2-7,9H2,1H3,(H4,14,15,16,17,18). The lowest BCUT2D eigenvalue weighted by Crippen LogP contribution is -2.13. The van der Waals surface area contributed by atoms with E-state index in [2.05, 4.69) is 27.5 Å². The fourth-order valence-corrected chi connectivity index (χ4v) is 1.69. The molecule has 0 atom stereocenters. The van der Waals surface area contributed by atoms with Gasteiger partial charge in [-0.2, -0.15) is 9.97 Å². The van der Waals surface area contributed by atoms with Gasteiger partial charge in [-0.15, -0.1) is 0 Å². The fraction of sp³-hybridized carbons (Fsp3) is 0.692. The van der Waals surface area contributed by atoms with Crippen molar-refractivity contribution >= 4 is 17.6 Å². The molecule has 1 aliphatic rings. The first-order valence-electron chi connectivity index (χ1n) is 6.98. The number of nitrogen functional groups attached to an aromatic ring is 1. The summed E-state index contributed by atoms with van der Waals surface area (Å²) in [5.41, 5.74) is 5.68. The van der Waals surface area contributed by atoms with Crippen LogP contribution < -0.4 is 16.4 Å². The number of nitrogens with zero attached hydrogens (tertiary/aromatic N) is 2. The Morgan fingerprint density at radius 2 is 1.95 bits per heavy atom. The van der Waals surface area contributed by atoms with Gasteiger partial charge in [0.2, 0.25) is 5.95 Å². The van der Waals surface area contributed by atoms with Crippen molar-refractivity contribution in [2.24, 2.45) is 5.92 Å². The van der Waals surface area contributed by atoms with Gasteiger partial charge in [0.05, 0.1) is 6.61 Å². The Labute approximate surface area is 114 Å². The first-order chi connectivity index (χ1) is 9.28. The van der Waals surface area contributed by atoms with Crippen LogP contribution in [0.3, 0.4) is 0 Å². The summed E-state index contributed by atoms with van der Waals surface area (Å²) in [7, 11) is 0. The molecule has 0 spiro atoms. The molecule has 4 N–H and O–H groups in total. The highest BCUT2D eigenvalue weighted by molar-refractivity contribution is 5.50. The highest BCUT2D eigenvalue weighted by Crippen LogP contribution is 2.28. The number of hydrogen-bond acceptors (Lipinski definition) is 6. The van der Waals surface area contributed by atoms with Gasteiger partial charge in [0.1, 0.15) is 11.6 Å². The number of aromatic nitrogens is 2. The molecule has 6 heteroatoms. The molecule has 0 saturated heterocycles. The Hall–Kier alpha value is -1.56. The van der Waals surface area contributed by atoms with Gasteiger partial charge in [-0.1, -0.05) is 6.92 Å². The zero-order valence-electron chi connectivity index (χ0n) is 11.5. The van der Waals surface area contributed by atoms with Crippen molar-refractivity contribution in [3.05, 3.63) is 6.07 Å². The van der Waals surface area contributed by atoms with Gasteiger partial charge in [-0.05, 0) is 25.2 Å². The van der Waals surface area contributed by atoms with E-state index in [1.165, 1.54) is 12.8 Å². The molecule has 1 saturated carbocycles. The van der Waals surface area contributed by atoms with Gasteiger partial charge in [-0.25, -0.2) is 0 Å². The summed E-state index contributed by atoms with van der Waals surface area (Å²) in [5.74, 6) is 2.58. The molecule has 1 aromatic heterocycles. The normalized spacial score (nSPS) is 14.4. The Bertz CT molecular complexity index is 395. The maximum absolute atomic E-state index is 5.68. The van der Waals surface area contributed by atoms with Crippen LogP contribution in [0.2, 0.25) is 0 Å². The van der Waals surface area contributed by atoms with Crippen molar-refractivity contribution in [1.29, 1.82) is 0 Å². The lowest BCUT2D eigenvalue weighted by Gasteiger charge is -2.09. The number of hydrogen-bond donors (Lipinski definition) is 3. The van der Waals surface area contributed by atoms with Gasteiger partial charge < -0.3 is 21.1 Å². The summed E-state index contributed by atoms with van der Waals surface area (Å²) in [4.78, 5) is 8.28. The smallest absolute Gasteiger partial charge is 0.223 e. The van der Waals surface area contributed by atoms with Gasteiger partial charge in [0, 0.05) is 25.8 Å². The van der Waals surface area contributed by atoms with Crippen molar-refractivity contribution in [3.63, 3.8) is 0 Å². The van der Waals surface area contributed by atoms with E-state index < -0.39 is 0 Å². The first-order valence-corrected chi connectivity index (χ1v) is 6.98. The number of anilines is 3. The molecule has 1 aliphatic carbocycles. The maximum atomic E-state index is 5.68. The zero-order chi connectivity index (χ0) is 13.5. The lowest BCUT2D eigenvalue weighted by atomic mass is 10.4. The van der Waals surface area contributed by atoms with Crippen LogP contribution in [-0.2, 0) is 4.74 Å². The van der Waals surface area contributed by atoms with Crippen molar-refractivity contribution in [2.45, 2.75) is 26.2 Å². The largest absolute Gasteiger partial charge is 0.379 e. The van der Waals surface area contributed by atoms with Gasteiger partial charge in [-0.3, -0.25) is 0 Å². The number of nitrogens with two attached hydrogens (primary N) is 1. The van der Waals surface area contributed by atoms with Crippen molar-refractivity contribution in [2.75, 3.05) is 42.7 Å². The Morgan fingerprint density at radius 3 is 2.58 bits per heavy atom. The second kappa shape index (κ2) is 7.13. The summed E-state index contributed by atoms with van der Waals surface area (Å²) in [6.07, 6.45) is 3.69. The predicted molar refractivity (Wildman–Crippen MR) is 77.3 cm³/mol. The Morgan fingerprint density at radius 1 is 1.26 bits per heavy atom. The van der Waals surface area contributed by atoms with Gasteiger partial charge in [0.25, 0.3) is 0 Å². The van der Waals surface area contributed by atoms with Crippen LogP contribution >= 0.6 is 0 Å². The van der Waals surface area contributed by atoms with E-state index in [9.17, 15) is 0 Å². The van der Waals surface area contributed by atoms with Crippen LogP contribution in [0.4, 0.5) is 17.6 Å². The average Bonchev–Trinajstić information content (AvgIpc) is 3.19. The Kier molecular flexibility index (Phi) is 5.20. The Balaban J connectivity index is 1.72. The number of rotatable bonds is 9. The summed E-state index contributed by atoms with van der Waals surface area (Å²) in [6, 6.07) is 1.87. The van der Waals surface area contributed by atoms with E-state index >= 15 is 0 Å². The van der Waals surface area contributed by atoms with Crippen molar-refractivity contribution in [1.82, 2.24) is 9.97 Å². The minimum Gasteiger partial charge on any atom is -0.379 e. The quantitative estimate of drug-likeness (QED) is 0.589. The molecular formula is C13H23N5O. The molecule has 0 radical (unpaired) electrons. The predicted octanol–water partition coefficient (Wildman–Crippen LogP) is 1.72. The van der Waals surface area contributed by atoms with E-state index in [1.54, 1.807) is 0 Å². The van der Waals surface area contributed by atoms with Crippen LogP contribution in [0.15, 0.2) is 6.07 Å². The highest BCUT2D eigenvalue weighted by atomic mass is 16.5. The van der Waals surface area contributed by atoms with E-state index in [0.717, 1.165) is 43.7 Å². The molecule has 2 rings (SSSR count). The molecular weight excluding hydrogens is 242 g/mol. The van der Waals surface area contributed by atoms with E-state index in [-0.39, 0.29) is 5.95 Å². The summed E-state index contributed by atoms with van der Waals surface area (Å²) >= 11 is 0. The lowest BCUT2D eigenvalue weighted by molar-refractivity contribution is 0.134. The topological polar surface area (TPSA) is 85.1 Å². The third-order valence-corrected chi connectivity index (χ3v) is 2.90. The second-order valence-electron chi connectivity index (χ2n) is 4.87. The van der Waals surface area contributed by atoms with Crippen LogP contribution in [0.5, 0.6) is 0 Å². The molecule has 6 nitrogen and oxygen atoms in total.